The zero-order valence-corrected chi connectivity index (χ0v) is 37.4. The van der Waals surface area contributed by atoms with Crippen molar-refractivity contribution in [2.24, 2.45) is 0 Å². The average Bonchev–Trinajstić information content (AvgIpc) is 4.07. The van der Waals surface area contributed by atoms with Crippen LogP contribution in [-0.2, 0) is 0 Å². The molecule has 0 saturated carbocycles. The third kappa shape index (κ3) is 6.11. The van der Waals surface area contributed by atoms with Gasteiger partial charge in [-0.25, -0.2) is 9.97 Å². The second-order valence-electron chi connectivity index (χ2n) is 17.7. The minimum Gasteiger partial charge on any atom is -0.307 e. The van der Waals surface area contributed by atoms with Gasteiger partial charge in [0.25, 0.3) is 0 Å². The second kappa shape index (κ2) is 15.7. The largest absolute Gasteiger partial charge is 0.307 e. The fourth-order valence-electron chi connectivity index (χ4n) is 10.9. The van der Waals surface area contributed by atoms with E-state index in [0.717, 1.165) is 89.4 Å². The molecule has 5 heteroatoms. The van der Waals surface area contributed by atoms with Gasteiger partial charge in [0, 0.05) is 49.0 Å². The summed E-state index contributed by atoms with van der Waals surface area (Å²) in [6, 6.07) is 89.4. The van der Waals surface area contributed by atoms with Crippen molar-refractivity contribution >= 4 is 65.4 Å². The molecule has 4 heterocycles. The molecule has 322 valence electrons. The molecular weight excluding hydrogens is 839 g/mol. The summed E-state index contributed by atoms with van der Waals surface area (Å²) in [7, 11) is 0. The van der Waals surface area contributed by atoms with Gasteiger partial charge in [0.2, 0.25) is 0 Å². The number of hydrogen-bond donors (Lipinski definition) is 0. The number of benzene rings is 10. The third-order valence-corrected chi connectivity index (χ3v) is 13.9. The first-order valence-electron chi connectivity index (χ1n) is 23.5. The van der Waals surface area contributed by atoms with Crippen LogP contribution in [-0.4, -0.2) is 23.7 Å². The molecule has 14 aromatic rings. The van der Waals surface area contributed by atoms with E-state index < -0.39 is 0 Å². The fourth-order valence-corrected chi connectivity index (χ4v) is 10.9. The van der Waals surface area contributed by atoms with Crippen LogP contribution in [0.2, 0.25) is 0 Å². The Morgan fingerprint density at radius 2 is 0.580 bits per heavy atom. The lowest BCUT2D eigenvalue weighted by atomic mass is 9.96. The summed E-state index contributed by atoms with van der Waals surface area (Å²) >= 11 is 0. The molecule has 0 fully saturated rings. The minimum absolute atomic E-state index is 0.661. The van der Waals surface area contributed by atoms with E-state index in [1.807, 2.05) is 6.07 Å². The molecule has 0 radical (unpaired) electrons. The minimum atomic E-state index is 0.661. The van der Waals surface area contributed by atoms with Gasteiger partial charge in [-0.15, -0.1) is 0 Å². The standard InChI is InChI=1S/C64H41N5/c1-3-21-42(22-4-1)45-25-7-8-26-46(45)54-41-53(65-64(66-54)43-23-5-2-6-24-43)44-39-61(67-55-33-15-9-27-47(55)48-28-10-16-34-56(48)67)63(69-59-37-19-13-31-51(59)52-32-14-20-38-60(52)69)62(40-44)68-57-35-17-11-29-49(57)50-30-12-18-36-58(50)68/h1-41H. The van der Waals surface area contributed by atoms with E-state index in [1.54, 1.807) is 0 Å². The average molecular weight is 880 g/mol. The van der Waals surface area contributed by atoms with E-state index in [-0.39, 0.29) is 0 Å². The molecule has 0 saturated heterocycles. The van der Waals surface area contributed by atoms with E-state index in [1.165, 1.54) is 32.3 Å². The van der Waals surface area contributed by atoms with E-state index in [9.17, 15) is 0 Å². The maximum Gasteiger partial charge on any atom is 0.160 e. The first kappa shape index (κ1) is 38.9. The Bertz CT molecular complexity index is 4010. The van der Waals surface area contributed by atoms with Gasteiger partial charge in [-0.3, -0.25) is 0 Å². The molecule has 14 rings (SSSR count). The monoisotopic (exact) mass is 879 g/mol. The van der Waals surface area contributed by atoms with Crippen molar-refractivity contribution in [1.82, 2.24) is 23.7 Å². The SMILES string of the molecule is c1ccc(-c2nc(-c3cc(-n4c5ccccc5c5ccccc54)c(-n4c5ccccc5c5ccccc54)c(-n4c5ccccc5c5ccccc54)c3)cc(-c3ccccc3-c3ccccc3)n2)cc1. The third-order valence-electron chi connectivity index (χ3n) is 13.9. The molecule has 0 atom stereocenters. The highest BCUT2D eigenvalue weighted by atomic mass is 15.1. The van der Waals surface area contributed by atoms with Crippen LogP contribution in [0, 0.1) is 0 Å². The van der Waals surface area contributed by atoms with Crippen molar-refractivity contribution in [1.29, 1.82) is 0 Å². The van der Waals surface area contributed by atoms with Crippen LogP contribution in [0.4, 0.5) is 0 Å². The van der Waals surface area contributed by atoms with Crippen molar-refractivity contribution < 1.29 is 0 Å². The van der Waals surface area contributed by atoms with Gasteiger partial charge >= 0.3 is 0 Å². The second-order valence-corrected chi connectivity index (χ2v) is 17.7. The Morgan fingerprint density at radius 1 is 0.246 bits per heavy atom. The molecule has 0 aliphatic heterocycles. The summed E-state index contributed by atoms with van der Waals surface area (Å²) in [6.45, 7) is 0. The predicted molar refractivity (Wildman–Crippen MR) is 287 cm³/mol. The highest BCUT2D eigenvalue weighted by molar-refractivity contribution is 6.14. The van der Waals surface area contributed by atoms with Crippen LogP contribution < -0.4 is 0 Å². The maximum atomic E-state index is 5.55. The zero-order chi connectivity index (χ0) is 45.4. The van der Waals surface area contributed by atoms with Gasteiger partial charge in [0.1, 0.15) is 0 Å². The van der Waals surface area contributed by atoms with E-state index in [0.29, 0.717) is 5.82 Å². The highest BCUT2D eigenvalue weighted by Crippen LogP contribution is 2.45. The molecule has 0 bridgehead atoms. The molecule has 10 aromatic carbocycles. The number of fused-ring (bicyclic) bond motifs is 9. The molecular formula is C64H41N5. The van der Waals surface area contributed by atoms with Crippen molar-refractivity contribution in [2.45, 2.75) is 0 Å². The predicted octanol–water partition coefficient (Wildman–Crippen LogP) is 16.4. The van der Waals surface area contributed by atoms with Crippen LogP contribution in [0.5, 0.6) is 0 Å². The highest BCUT2D eigenvalue weighted by Gasteiger charge is 2.27. The fraction of sp³-hybridized carbons (Fsp3) is 0. The molecule has 0 amide bonds. The Hall–Kier alpha value is -9.32. The number of hydrogen-bond acceptors (Lipinski definition) is 2. The summed E-state index contributed by atoms with van der Waals surface area (Å²) in [5.41, 5.74) is 16.7. The lowest BCUT2D eigenvalue weighted by Crippen LogP contribution is -2.10. The van der Waals surface area contributed by atoms with Crippen LogP contribution in [0.15, 0.2) is 249 Å². The van der Waals surface area contributed by atoms with Crippen LogP contribution >= 0.6 is 0 Å². The lowest BCUT2D eigenvalue weighted by molar-refractivity contribution is 1.05. The van der Waals surface area contributed by atoms with Gasteiger partial charge in [-0.05, 0) is 65.7 Å². The molecule has 0 aliphatic rings. The molecule has 0 unspecified atom stereocenters. The molecule has 4 aromatic heterocycles. The zero-order valence-electron chi connectivity index (χ0n) is 37.4. The molecule has 69 heavy (non-hydrogen) atoms. The van der Waals surface area contributed by atoms with E-state index in [2.05, 4.69) is 256 Å². The maximum absolute atomic E-state index is 5.55. The molecule has 0 spiro atoms. The van der Waals surface area contributed by atoms with Crippen molar-refractivity contribution in [3.8, 4) is 62.1 Å². The van der Waals surface area contributed by atoms with Crippen molar-refractivity contribution in [2.75, 3.05) is 0 Å². The Morgan fingerprint density at radius 3 is 1.01 bits per heavy atom. The number of para-hydroxylation sites is 6. The Kier molecular flexibility index (Phi) is 8.83. The first-order valence-corrected chi connectivity index (χ1v) is 23.5. The Labute approximate surface area is 398 Å². The summed E-state index contributed by atoms with van der Waals surface area (Å²) in [5, 5.41) is 7.17. The van der Waals surface area contributed by atoms with Gasteiger partial charge in [-0.2, -0.15) is 0 Å². The van der Waals surface area contributed by atoms with Gasteiger partial charge in [0.15, 0.2) is 5.82 Å². The van der Waals surface area contributed by atoms with Crippen LogP contribution in [0.25, 0.3) is 128 Å². The van der Waals surface area contributed by atoms with Crippen molar-refractivity contribution in [3.63, 3.8) is 0 Å². The summed E-state index contributed by atoms with van der Waals surface area (Å²) in [4.78, 5) is 10.9. The van der Waals surface area contributed by atoms with Crippen molar-refractivity contribution in [3.05, 3.63) is 249 Å². The van der Waals surface area contributed by atoms with Gasteiger partial charge in [-0.1, -0.05) is 194 Å². The van der Waals surface area contributed by atoms with Crippen LogP contribution in [0.1, 0.15) is 0 Å². The van der Waals surface area contributed by atoms with E-state index >= 15 is 0 Å². The van der Waals surface area contributed by atoms with Gasteiger partial charge in [0.05, 0.1) is 61.6 Å². The molecule has 0 aliphatic carbocycles. The lowest BCUT2D eigenvalue weighted by Gasteiger charge is -2.24. The quantitative estimate of drug-likeness (QED) is 0.160. The summed E-state index contributed by atoms with van der Waals surface area (Å²) < 4.78 is 7.47. The van der Waals surface area contributed by atoms with E-state index in [4.69, 9.17) is 9.97 Å². The van der Waals surface area contributed by atoms with Crippen LogP contribution in [0.3, 0.4) is 0 Å². The molecule has 5 nitrogen and oxygen atoms in total. The smallest absolute Gasteiger partial charge is 0.160 e. The Balaban J connectivity index is 1.19. The molecule has 0 N–H and O–H groups in total. The number of nitrogens with zero attached hydrogens (tertiary/aromatic N) is 5. The summed E-state index contributed by atoms with van der Waals surface area (Å²) in [5.74, 6) is 0.661. The first-order chi connectivity index (χ1) is 34.3. The van der Waals surface area contributed by atoms with Gasteiger partial charge < -0.3 is 13.7 Å². The summed E-state index contributed by atoms with van der Waals surface area (Å²) in [6.07, 6.45) is 0. The normalized spacial score (nSPS) is 11.8. The number of rotatable bonds is 7. The number of aromatic nitrogens is 5. The topological polar surface area (TPSA) is 40.6 Å².